The number of Topliss-reactive ketones (excluding diaryl/α,β-unsaturated/α-hetero) is 1. The number of carbonyl (C=O) groups excluding carboxylic acids is 3. The summed E-state index contributed by atoms with van der Waals surface area (Å²) in [5.74, 6) is -2.55. The second kappa shape index (κ2) is 10.1. The summed E-state index contributed by atoms with van der Waals surface area (Å²) < 4.78 is 18.5. The molecule has 40 heavy (non-hydrogen) atoms. The predicted octanol–water partition coefficient (Wildman–Crippen LogP) is 4.90. The topological polar surface area (TPSA) is 99.1 Å². The van der Waals surface area contributed by atoms with E-state index in [1.165, 1.54) is 6.92 Å². The molecular weight excluding hydrogens is 547 g/mol. The smallest absolute Gasteiger partial charge is 0.338 e. The van der Waals surface area contributed by atoms with Crippen molar-refractivity contribution in [3.8, 4) is 0 Å². The molecule has 0 aromatic heterocycles. The number of hydrogen-bond acceptors (Lipinski definition) is 7. The van der Waals surface area contributed by atoms with Crippen LogP contribution in [-0.4, -0.2) is 52.8 Å². The molecule has 1 aromatic carbocycles. The van der Waals surface area contributed by atoms with E-state index >= 15 is 0 Å². The molecular formula is C32H42O7V. The largest absolute Gasteiger partial charge is 0.455 e. The average molecular weight is 590 g/mol. The summed E-state index contributed by atoms with van der Waals surface area (Å²) in [5.41, 5.74) is -2.35. The van der Waals surface area contributed by atoms with Crippen molar-refractivity contribution in [1.82, 2.24) is 0 Å². The summed E-state index contributed by atoms with van der Waals surface area (Å²) in [5, 5.41) is 13.0. The van der Waals surface area contributed by atoms with Gasteiger partial charge in [-0.05, 0) is 43.7 Å². The van der Waals surface area contributed by atoms with Gasteiger partial charge in [-0.25, -0.2) is 4.79 Å². The fourth-order valence-corrected chi connectivity index (χ4v) is 8.71. The molecule has 0 unspecified atom stereocenters. The molecule has 3 aliphatic carbocycles. The minimum Gasteiger partial charge on any atom is -0.455 e. The number of hydrogen-bond donors (Lipinski definition) is 1. The maximum absolute atomic E-state index is 14.8. The molecule has 1 saturated heterocycles. The molecule has 2 saturated carbocycles. The quantitative estimate of drug-likeness (QED) is 0.395. The van der Waals surface area contributed by atoms with Crippen molar-refractivity contribution >= 4 is 17.7 Å². The number of carbonyl (C=O) groups is 3. The van der Waals surface area contributed by atoms with E-state index in [1.807, 2.05) is 47.6 Å². The molecule has 5 rings (SSSR count). The van der Waals surface area contributed by atoms with Crippen molar-refractivity contribution in [3.63, 3.8) is 0 Å². The molecule has 4 aliphatic rings. The van der Waals surface area contributed by atoms with Gasteiger partial charge in [0.1, 0.15) is 23.6 Å². The maximum Gasteiger partial charge on any atom is 0.338 e. The Morgan fingerprint density at radius 2 is 1.70 bits per heavy atom. The third kappa shape index (κ3) is 4.02. The van der Waals surface area contributed by atoms with Gasteiger partial charge in [0.2, 0.25) is 0 Å². The van der Waals surface area contributed by atoms with E-state index in [4.69, 9.17) is 14.2 Å². The number of allylic oxidation sites excluding steroid dienone is 1. The first-order valence-electron chi connectivity index (χ1n) is 14.2. The van der Waals surface area contributed by atoms with E-state index in [9.17, 15) is 19.5 Å². The number of ether oxygens (including phenoxy) is 3. The summed E-state index contributed by atoms with van der Waals surface area (Å²) in [6.07, 6.45) is -0.736. The molecule has 1 aromatic rings. The Morgan fingerprint density at radius 1 is 1.07 bits per heavy atom. The fraction of sp³-hybridized carbons (Fsp3) is 0.656. The summed E-state index contributed by atoms with van der Waals surface area (Å²) in [6, 6.07) is 8.68. The number of ketones is 1. The number of fused-ring (bicyclic) bond motifs is 5. The van der Waals surface area contributed by atoms with Crippen LogP contribution in [-0.2, 0) is 42.4 Å². The second-order valence-electron chi connectivity index (χ2n) is 13.3. The van der Waals surface area contributed by atoms with Gasteiger partial charge in [-0.2, -0.15) is 0 Å². The van der Waals surface area contributed by atoms with Crippen LogP contribution in [0.5, 0.6) is 0 Å². The third-order valence-corrected chi connectivity index (χ3v) is 11.1. The maximum atomic E-state index is 14.8. The van der Waals surface area contributed by atoms with Crippen LogP contribution in [0.4, 0.5) is 0 Å². The van der Waals surface area contributed by atoms with Gasteiger partial charge in [-0.1, -0.05) is 70.9 Å². The van der Waals surface area contributed by atoms with E-state index in [0.717, 1.165) is 11.1 Å². The van der Waals surface area contributed by atoms with Crippen molar-refractivity contribution in [1.29, 1.82) is 0 Å². The van der Waals surface area contributed by atoms with Crippen LogP contribution < -0.4 is 0 Å². The minimum absolute atomic E-state index is 0. The Balaban J connectivity index is 0.00000370. The van der Waals surface area contributed by atoms with E-state index in [-0.39, 0.29) is 42.8 Å². The first-order valence-corrected chi connectivity index (χ1v) is 14.2. The SMILES string of the molecule is CC(=O)O[C@@]12CO[C@@H]1C[C@H](C)[C@@]1(C)C(=O)[C@H](C)C3=C(C)[C@@H](C)C[C@@](O)([C@@H](OC(=O)c4ccccc4)[C@H]21)C3(C)C.[V]. The number of rotatable bonds is 3. The molecule has 1 N–H and O–H groups in total. The van der Waals surface area contributed by atoms with Crippen LogP contribution >= 0.6 is 0 Å². The second-order valence-corrected chi connectivity index (χ2v) is 13.3. The van der Waals surface area contributed by atoms with Crippen molar-refractivity contribution in [3.05, 3.63) is 47.0 Å². The zero-order valence-corrected chi connectivity index (χ0v) is 26.2. The van der Waals surface area contributed by atoms with Crippen LogP contribution in [0, 0.1) is 34.5 Å². The Bertz CT molecular complexity index is 1240. The zero-order chi connectivity index (χ0) is 28.7. The third-order valence-electron chi connectivity index (χ3n) is 11.1. The van der Waals surface area contributed by atoms with Crippen LogP contribution in [0.2, 0.25) is 0 Å². The summed E-state index contributed by atoms with van der Waals surface area (Å²) in [6.45, 7) is 15.3. The molecule has 9 atom stereocenters. The molecule has 1 aliphatic heterocycles. The van der Waals surface area contributed by atoms with Gasteiger partial charge < -0.3 is 19.3 Å². The number of aliphatic hydroxyl groups is 1. The molecule has 2 bridgehead atoms. The Kier molecular flexibility index (Phi) is 7.84. The first-order chi connectivity index (χ1) is 18.1. The molecule has 7 nitrogen and oxygen atoms in total. The predicted molar refractivity (Wildman–Crippen MR) is 145 cm³/mol. The molecule has 3 fully saturated rings. The number of esters is 2. The molecule has 217 valence electrons. The van der Waals surface area contributed by atoms with Crippen LogP contribution in [0.1, 0.15) is 78.6 Å². The summed E-state index contributed by atoms with van der Waals surface area (Å²) in [7, 11) is 0. The van der Waals surface area contributed by atoms with Crippen LogP contribution in [0.25, 0.3) is 0 Å². The van der Waals surface area contributed by atoms with Gasteiger partial charge in [0.15, 0.2) is 5.60 Å². The van der Waals surface area contributed by atoms with E-state index in [1.54, 1.807) is 24.3 Å². The molecule has 1 radical (unpaired) electrons. The van der Waals surface area contributed by atoms with Gasteiger partial charge in [0, 0.05) is 42.2 Å². The minimum atomic E-state index is -1.54. The van der Waals surface area contributed by atoms with Gasteiger partial charge in [-0.15, -0.1) is 0 Å². The Labute approximate surface area is 249 Å². The van der Waals surface area contributed by atoms with Gasteiger partial charge in [-0.3, -0.25) is 9.59 Å². The Hall–Kier alpha value is -1.93. The van der Waals surface area contributed by atoms with Crippen molar-refractivity contribution in [2.45, 2.75) is 91.6 Å². The van der Waals surface area contributed by atoms with Crippen molar-refractivity contribution in [2.24, 2.45) is 34.5 Å². The van der Waals surface area contributed by atoms with E-state index in [0.29, 0.717) is 18.4 Å². The summed E-state index contributed by atoms with van der Waals surface area (Å²) in [4.78, 5) is 41.1. The van der Waals surface area contributed by atoms with Crippen molar-refractivity contribution < 1.29 is 52.3 Å². The molecule has 0 spiro atoms. The average Bonchev–Trinajstić information content (AvgIpc) is 2.87. The normalized spacial score (nSPS) is 41.7. The summed E-state index contributed by atoms with van der Waals surface area (Å²) >= 11 is 0. The monoisotopic (exact) mass is 589 g/mol. The van der Waals surface area contributed by atoms with E-state index < -0.39 is 58.0 Å². The molecule has 8 heteroatoms. The van der Waals surface area contributed by atoms with E-state index in [2.05, 4.69) is 6.92 Å². The van der Waals surface area contributed by atoms with Crippen LogP contribution in [0.15, 0.2) is 41.5 Å². The Morgan fingerprint density at radius 3 is 2.25 bits per heavy atom. The van der Waals surface area contributed by atoms with Gasteiger partial charge in [0.25, 0.3) is 0 Å². The molecule has 0 amide bonds. The standard InChI is InChI=1S/C32H42O7.V/c1-17-15-32(36)27(38-28(35)22-12-10-9-11-13-22)25-30(8,26(34)20(4)24(19(17)3)29(32,6)7)18(2)14-23-31(25,16-37-23)39-21(5)33;/h9-13,17-18,20,23,25,27,36H,14-16H2,1-8H3;/t17-,18-,20+,23+,25-,27-,30+,31-,32+;/m0./s1. The van der Waals surface area contributed by atoms with Gasteiger partial charge in [0.05, 0.1) is 18.1 Å². The molecule has 1 heterocycles. The van der Waals surface area contributed by atoms with Crippen LogP contribution in [0.3, 0.4) is 0 Å². The van der Waals surface area contributed by atoms with Gasteiger partial charge >= 0.3 is 11.9 Å². The first kappa shape index (κ1) is 31.0. The zero-order valence-electron chi connectivity index (χ0n) is 24.8. The number of benzene rings is 1. The fourth-order valence-electron chi connectivity index (χ4n) is 8.71. The van der Waals surface area contributed by atoms with Crippen molar-refractivity contribution in [2.75, 3.05) is 6.61 Å².